The summed E-state index contributed by atoms with van der Waals surface area (Å²) in [6, 6.07) is 16.2. The molecule has 0 fully saturated rings. The van der Waals surface area contributed by atoms with Gasteiger partial charge in [0.1, 0.15) is 23.0 Å². The second kappa shape index (κ2) is 7.51. The van der Waals surface area contributed by atoms with E-state index in [9.17, 15) is 19.2 Å². The van der Waals surface area contributed by atoms with Gasteiger partial charge in [0.25, 0.3) is 5.78 Å². The summed E-state index contributed by atoms with van der Waals surface area (Å²) in [4.78, 5) is 45.8. The second-order valence-corrected chi connectivity index (χ2v) is 6.86. The van der Waals surface area contributed by atoms with Crippen molar-refractivity contribution in [1.82, 2.24) is 0 Å². The highest BCUT2D eigenvalue weighted by molar-refractivity contribution is 6.35. The van der Waals surface area contributed by atoms with E-state index in [1.54, 1.807) is 48.5 Å². The molecule has 0 N–H and O–H groups in total. The van der Waals surface area contributed by atoms with Gasteiger partial charge in [-0.15, -0.1) is 0 Å². The topological polar surface area (TPSA) is 109 Å². The van der Waals surface area contributed by atoms with Crippen molar-refractivity contribution in [3.05, 3.63) is 83.8 Å². The van der Waals surface area contributed by atoms with Crippen molar-refractivity contribution >= 4 is 34.8 Å². The first-order valence-corrected chi connectivity index (χ1v) is 9.39. The predicted octanol–water partition coefficient (Wildman–Crippen LogP) is 4.71. The van der Waals surface area contributed by atoms with E-state index in [2.05, 4.69) is 4.74 Å². The number of carbonyl (C=O) groups excluding carboxylic acids is 4. The molecule has 0 amide bonds. The number of carbonyl (C=O) groups is 4. The van der Waals surface area contributed by atoms with Gasteiger partial charge in [-0.1, -0.05) is 6.07 Å². The molecular weight excluding hydrogens is 416 g/mol. The molecule has 0 saturated carbocycles. The monoisotopic (exact) mass is 428 g/mol. The minimum atomic E-state index is -0.757. The summed E-state index contributed by atoms with van der Waals surface area (Å²) >= 11 is 0. The number of fused-ring (bicyclic) bond motifs is 2. The lowest BCUT2D eigenvalue weighted by Gasteiger charge is -2.10. The number of esters is 2. The van der Waals surface area contributed by atoms with E-state index >= 15 is 0 Å². The van der Waals surface area contributed by atoms with Gasteiger partial charge in [0, 0.05) is 16.8 Å². The minimum Gasteiger partial charge on any atom is -0.459 e. The lowest BCUT2D eigenvalue weighted by molar-refractivity contribution is -0.104. The summed E-state index contributed by atoms with van der Waals surface area (Å²) in [6.45, 7) is 0. The summed E-state index contributed by atoms with van der Waals surface area (Å²) in [7, 11) is 0. The molecule has 0 bridgehead atoms. The molecule has 0 aliphatic carbocycles. The molecule has 8 heteroatoms. The average Bonchev–Trinajstić information content (AvgIpc) is 3.33. The summed E-state index contributed by atoms with van der Waals surface area (Å²) in [6.07, 6.45) is 1.59. The molecule has 0 spiro atoms. The van der Waals surface area contributed by atoms with E-state index in [1.807, 2.05) is 0 Å². The summed E-state index contributed by atoms with van der Waals surface area (Å²) in [5.41, 5.74) is 0.343. The Morgan fingerprint density at radius 3 is 2.19 bits per heavy atom. The molecule has 2 heterocycles. The third-order valence-corrected chi connectivity index (χ3v) is 4.80. The lowest BCUT2D eigenvalue weighted by Crippen LogP contribution is -1.97. The van der Waals surface area contributed by atoms with Crippen LogP contribution in [0.25, 0.3) is 10.8 Å². The SMILES string of the molecule is O=CC(=O)c1occ2ccc(Oc3cccc(Oc4ccc5c(c4)C(=O)OC5=O)c3)cc12. The zero-order valence-corrected chi connectivity index (χ0v) is 16.2. The van der Waals surface area contributed by atoms with Crippen LogP contribution in [-0.2, 0) is 9.53 Å². The molecule has 156 valence electrons. The number of ketones is 1. The minimum absolute atomic E-state index is 0.0499. The van der Waals surface area contributed by atoms with E-state index in [0.29, 0.717) is 33.8 Å². The van der Waals surface area contributed by atoms with Crippen molar-refractivity contribution in [2.75, 3.05) is 0 Å². The Hall–Kier alpha value is -4.72. The molecule has 3 aromatic carbocycles. The zero-order chi connectivity index (χ0) is 22.2. The number of aldehydes is 1. The lowest BCUT2D eigenvalue weighted by atomic mass is 10.1. The number of rotatable bonds is 6. The maximum atomic E-state index is 11.7. The fraction of sp³-hybridized carbons (Fsp3) is 0. The number of ether oxygens (including phenoxy) is 3. The van der Waals surface area contributed by atoms with Crippen molar-refractivity contribution in [2.24, 2.45) is 0 Å². The smallest absolute Gasteiger partial charge is 0.347 e. The molecule has 0 atom stereocenters. The van der Waals surface area contributed by atoms with Gasteiger partial charge in [-0.05, 0) is 48.5 Å². The van der Waals surface area contributed by atoms with Gasteiger partial charge in [-0.3, -0.25) is 9.59 Å². The van der Waals surface area contributed by atoms with Crippen LogP contribution in [-0.4, -0.2) is 24.0 Å². The molecular formula is C24H12O8. The predicted molar refractivity (Wildman–Crippen MR) is 109 cm³/mol. The Morgan fingerprint density at radius 2 is 1.44 bits per heavy atom. The van der Waals surface area contributed by atoms with Crippen LogP contribution in [0.2, 0.25) is 0 Å². The van der Waals surface area contributed by atoms with E-state index in [1.165, 1.54) is 18.4 Å². The fourth-order valence-corrected chi connectivity index (χ4v) is 3.33. The first-order chi connectivity index (χ1) is 15.5. The standard InChI is InChI=1S/C24H12O8/c25-11-21(26)22-19-9-16(5-4-13(19)12-29-22)30-14-2-1-3-15(8-14)31-17-6-7-18-20(10-17)24(28)32-23(18)27/h1-12H. The first-order valence-electron chi connectivity index (χ1n) is 9.39. The van der Waals surface area contributed by atoms with Gasteiger partial charge in [-0.2, -0.15) is 0 Å². The van der Waals surface area contributed by atoms with Gasteiger partial charge in [0.05, 0.1) is 17.4 Å². The average molecular weight is 428 g/mol. The quantitative estimate of drug-likeness (QED) is 0.143. The Balaban J connectivity index is 1.39. The number of hydrogen-bond acceptors (Lipinski definition) is 8. The maximum absolute atomic E-state index is 11.7. The van der Waals surface area contributed by atoms with Crippen LogP contribution in [0.3, 0.4) is 0 Å². The van der Waals surface area contributed by atoms with Crippen LogP contribution < -0.4 is 9.47 Å². The number of furan rings is 1. The summed E-state index contributed by atoms with van der Waals surface area (Å²) in [5, 5.41) is 1.12. The molecule has 8 nitrogen and oxygen atoms in total. The maximum Gasteiger partial charge on any atom is 0.347 e. The van der Waals surface area contributed by atoms with E-state index < -0.39 is 17.7 Å². The molecule has 1 aliphatic rings. The highest BCUT2D eigenvalue weighted by Crippen LogP contribution is 2.33. The van der Waals surface area contributed by atoms with Crippen LogP contribution in [0.4, 0.5) is 0 Å². The van der Waals surface area contributed by atoms with Crippen molar-refractivity contribution in [3.63, 3.8) is 0 Å². The van der Waals surface area contributed by atoms with Crippen LogP contribution in [0.5, 0.6) is 23.0 Å². The molecule has 0 unspecified atom stereocenters. The molecule has 1 aliphatic heterocycles. The van der Waals surface area contributed by atoms with Gasteiger partial charge >= 0.3 is 11.9 Å². The highest BCUT2D eigenvalue weighted by Gasteiger charge is 2.29. The van der Waals surface area contributed by atoms with Gasteiger partial charge in [0.2, 0.25) is 0 Å². The van der Waals surface area contributed by atoms with Crippen molar-refractivity contribution < 1.29 is 37.8 Å². The fourth-order valence-electron chi connectivity index (χ4n) is 3.33. The summed E-state index contributed by atoms with van der Waals surface area (Å²) < 4.78 is 21.4. The summed E-state index contributed by atoms with van der Waals surface area (Å²) in [5.74, 6) is -0.544. The van der Waals surface area contributed by atoms with E-state index in [0.717, 1.165) is 0 Å². The van der Waals surface area contributed by atoms with E-state index in [-0.39, 0.29) is 23.2 Å². The number of cyclic esters (lactones) is 2. The Bertz CT molecular complexity index is 1430. The van der Waals surface area contributed by atoms with Gasteiger partial charge in [-0.25, -0.2) is 9.59 Å². The molecule has 0 saturated heterocycles. The number of hydrogen-bond donors (Lipinski definition) is 0. The van der Waals surface area contributed by atoms with Crippen molar-refractivity contribution in [3.8, 4) is 23.0 Å². The second-order valence-electron chi connectivity index (χ2n) is 6.86. The number of benzene rings is 3. The zero-order valence-electron chi connectivity index (χ0n) is 16.2. The van der Waals surface area contributed by atoms with Crippen LogP contribution in [0, 0.1) is 0 Å². The van der Waals surface area contributed by atoms with Crippen molar-refractivity contribution in [2.45, 2.75) is 0 Å². The molecule has 0 radical (unpaired) electrons. The van der Waals surface area contributed by atoms with Gasteiger partial charge in [0.15, 0.2) is 12.0 Å². The third kappa shape index (κ3) is 3.39. The van der Waals surface area contributed by atoms with E-state index in [4.69, 9.17) is 13.9 Å². The number of Topliss-reactive ketones (excluding diaryl/α,β-unsaturated/α-hetero) is 1. The third-order valence-electron chi connectivity index (χ3n) is 4.80. The van der Waals surface area contributed by atoms with Crippen LogP contribution in [0.15, 0.2) is 71.3 Å². The first kappa shape index (κ1) is 19.3. The van der Waals surface area contributed by atoms with Crippen molar-refractivity contribution in [1.29, 1.82) is 0 Å². The Morgan fingerprint density at radius 1 is 0.781 bits per heavy atom. The molecule has 5 rings (SSSR count). The molecule has 32 heavy (non-hydrogen) atoms. The Labute approximate surface area is 179 Å². The van der Waals surface area contributed by atoms with Gasteiger partial charge < -0.3 is 18.6 Å². The van der Waals surface area contributed by atoms with Crippen LogP contribution in [0.1, 0.15) is 31.3 Å². The molecule has 1 aromatic heterocycles. The largest absolute Gasteiger partial charge is 0.459 e. The van der Waals surface area contributed by atoms with Crippen LogP contribution >= 0.6 is 0 Å². The highest BCUT2D eigenvalue weighted by atomic mass is 16.6. The Kier molecular flexibility index (Phi) is 4.52. The normalized spacial score (nSPS) is 12.4. The molecule has 4 aromatic rings.